The Balaban J connectivity index is 1.96. The van der Waals surface area contributed by atoms with Crippen molar-refractivity contribution in [3.05, 3.63) is 29.8 Å². The Morgan fingerprint density at radius 2 is 2.21 bits per heavy atom. The molecule has 4 nitrogen and oxygen atoms in total. The lowest BCUT2D eigenvalue weighted by Crippen LogP contribution is -2.45. The molecule has 106 valence electrons. The quantitative estimate of drug-likeness (QED) is 0.812. The second-order valence-corrected chi connectivity index (χ2v) is 5.44. The van der Waals surface area contributed by atoms with E-state index in [2.05, 4.69) is 11.8 Å². The van der Waals surface area contributed by atoms with Crippen molar-refractivity contribution in [1.82, 2.24) is 4.90 Å². The first-order chi connectivity index (χ1) is 9.11. The Bertz CT molecular complexity index is 411. The Kier molecular flexibility index (Phi) is 4.80. The van der Waals surface area contributed by atoms with Crippen LogP contribution in [0.5, 0.6) is 0 Å². The summed E-state index contributed by atoms with van der Waals surface area (Å²) in [5.41, 5.74) is 7.37. The molecule has 1 fully saturated rings. The van der Waals surface area contributed by atoms with Crippen molar-refractivity contribution in [3.63, 3.8) is 0 Å². The molecule has 1 aliphatic rings. The van der Waals surface area contributed by atoms with Crippen molar-refractivity contribution < 1.29 is 9.84 Å². The normalized spacial score (nSPS) is 26.3. The molecule has 3 unspecified atom stereocenters. The maximum absolute atomic E-state index is 10.3. The predicted molar refractivity (Wildman–Crippen MR) is 76.8 cm³/mol. The van der Waals surface area contributed by atoms with Crippen molar-refractivity contribution in [3.8, 4) is 0 Å². The number of nitrogens with two attached hydrogens (primary N) is 1. The zero-order valence-electron chi connectivity index (χ0n) is 11.7. The van der Waals surface area contributed by atoms with E-state index in [4.69, 9.17) is 10.5 Å². The fourth-order valence-electron chi connectivity index (χ4n) is 2.73. The molecular weight excluding hydrogens is 240 g/mol. The van der Waals surface area contributed by atoms with Gasteiger partial charge in [-0.05, 0) is 24.9 Å². The molecule has 3 N–H and O–H groups in total. The minimum Gasteiger partial charge on any atom is -0.398 e. The summed E-state index contributed by atoms with van der Waals surface area (Å²) in [5.74, 6) is 0.584. The summed E-state index contributed by atoms with van der Waals surface area (Å²) in [6.07, 6.45) is 0.830. The van der Waals surface area contributed by atoms with Crippen LogP contribution in [0.4, 0.5) is 5.69 Å². The number of anilines is 1. The molecule has 0 spiro atoms. The van der Waals surface area contributed by atoms with Crippen LogP contribution in [-0.4, -0.2) is 42.9 Å². The molecule has 2 rings (SSSR count). The highest BCUT2D eigenvalue weighted by atomic mass is 16.5. The summed E-state index contributed by atoms with van der Waals surface area (Å²) >= 11 is 0. The smallest absolute Gasteiger partial charge is 0.0936 e. The molecule has 4 heteroatoms. The number of nitrogen functional groups attached to an aromatic ring is 1. The Morgan fingerprint density at radius 3 is 2.89 bits per heavy atom. The molecule has 1 saturated heterocycles. The number of hydrogen-bond donors (Lipinski definition) is 2. The van der Waals surface area contributed by atoms with Crippen molar-refractivity contribution in [2.45, 2.75) is 25.6 Å². The number of aliphatic hydroxyl groups excluding tert-OH is 1. The third-order valence-corrected chi connectivity index (χ3v) is 4.06. The van der Waals surface area contributed by atoms with Crippen LogP contribution in [0, 0.1) is 5.92 Å². The fourth-order valence-corrected chi connectivity index (χ4v) is 2.73. The van der Waals surface area contributed by atoms with E-state index in [9.17, 15) is 5.11 Å². The second kappa shape index (κ2) is 6.37. The monoisotopic (exact) mass is 264 g/mol. The summed E-state index contributed by atoms with van der Waals surface area (Å²) in [4.78, 5) is 2.26. The zero-order valence-corrected chi connectivity index (χ0v) is 11.7. The second-order valence-electron chi connectivity index (χ2n) is 5.44. The number of ether oxygens (including phenoxy) is 1. The molecule has 1 heterocycles. The number of nitrogens with zero attached hydrogens (tertiary/aromatic N) is 1. The Labute approximate surface area is 115 Å². The average molecular weight is 264 g/mol. The fraction of sp³-hybridized carbons (Fsp3) is 0.600. The maximum Gasteiger partial charge on any atom is 0.0936 e. The molecule has 3 atom stereocenters. The summed E-state index contributed by atoms with van der Waals surface area (Å²) in [7, 11) is 1.76. The summed E-state index contributed by atoms with van der Waals surface area (Å²) in [5, 5.41) is 10.3. The first kappa shape index (κ1) is 14.3. The van der Waals surface area contributed by atoms with Crippen molar-refractivity contribution >= 4 is 5.69 Å². The molecule has 0 bridgehead atoms. The largest absolute Gasteiger partial charge is 0.398 e. The van der Waals surface area contributed by atoms with Gasteiger partial charge in [0.15, 0.2) is 0 Å². The number of β-amino-alcohol motifs (C(OH)–C–C–N with tert-alkyl or cyclic N) is 1. The summed E-state index contributed by atoms with van der Waals surface area (Å²) in [6, 6.07) is 7.51. The van der Waals surface area contributed by atoms with Gasteiger partial charge in [0.2, 0.25) is 0 Å². The van der Waals surface area contributed by atoms with Gasteiger partial charge in [0.05, 0.1) is 12.2 Å². The first-order valence-corrected chi connectivity index (χ1v) is 6.89. The number of rotatable bonds is 4. The SMILES string of the molecule is COC1CN(CC(O)c2ccccc2N)CCC1C. The van der Waals surface area contributed by atoms with Crippen LogP contribution in [0.1, 0.15) is 25.0 Å². The molecular formula is C15H24N2O2. The molecule has 19 heavy (non-hydrogen) atoms. The molecule has 0 aromatic heterocycles. The molecule has 0 amide bonds. The van der Waals surface area contributed by atoms with Gasteiger partial charge >= 0.3 is 0 Å². The number of hydrogen-bond acceptors (Lipinski definition) is 4. The van der Waals surface area contributed by atoms with Crippen LogP contribution >= 0.6 is 0 Å². The highest BCUT2D eigenvalue weighted by molar-refractivity contribution is 5.47. The van der Waals surface area contributed by atoms with E-state index in [-0.39, 0.29) is 6.10 Å². The number of aliphatic hydroxyl groups is 1. The van der Waals surface area contributed by atoms with Gasteiger partial charge in [-0.1, -0.05) is 25.1 Å². The number of methoxy groups -OCH3 is 1. The lowest BCUT2D eigenvalue weighted by molar-refractivity contribution is -0.0179. The predicted octanol–water partition coefficient (Wildman–Crippen LogP) is 1.66. The molecule has 0 saturated carbocycles. The lowest BCUT2D eigenvalue weighted by Gasteiger charge is -2.37. The van der Waals surface area contributed by atoms with Crippen molar-refractivity contribution in [2.24, 2.45) is 5.92 Å². The van der Waals surface area contributed by atoms with Crippen LogP contribution in [0.3, 0.4) is 0 Å². The Hall–Kier alpha value is -1.10. The van der Waals surface area contributed by atoms with Gasteiger partial charge in [0.1, 0.15) is 0 Å². The minimum atomic E-state index is -0.535. The molecule has 1 aliphatic heterocycles. The van der Waals surface area contributed by atoms with Gasteiger partial charge in [-0.25, -0.2) is 0 Å². The lowest BCUT2D eigenvalue weighted by atomic mass is 9.95. The van der Waals surface area contributed by atoms with Gasteiger partial charge in [0, 0.05) is 31.5 Å². The molecule has 0 radical (unpaired) electrons. The molecule has 0 aliphatic carbocycles. The van der Waals surface area contributed by atoms with Crippen molar-refractivity contribution in [2.75, 3.05) is 32.5 Å². The minimum absolute atomic E-state index is 0.258. The van der Waals surface area contributed by atoms with Gasteiger partial charge in [0.25, 0.3) is 0 Å². The number of benzene rings is 1. The molecule has 1 aromatic rings. The van der Waals surface area contributed by atoms with E-state index in [0.29, 0.717) is 18.2 Å². The van der Waals surface area contributed by atoms with E-state index in [1.165, 1.54) is 0 Å². The van der Waals surface area contributed by atoms with Crippen LogP contribution in [0.25, 0.3) is 0 Å². The number of piperidine rings is 1. The van der Waals surface area contributed by atoms with Crippen LogP contribution in [0.2, 0.25) is 0 Å². The average Bonchev–Trinajstić information content (AvgIpc) is 2.41. The number of likely N-dealkylation sites (tertiary alicyclic amines) is 1. The van der Waals surface area contributed by atoms with Gasteiger partial charge in [-0.3, -0.25) is 4.90 Å². The van der Waals surface area contributed by atoms with E-state index < -0.39 is 6.10 Å². The Morgan fingerprint density at radius 1 is 1.47 bits per heavy atom. The molecule has 1 aromatic carbocycles. The van der Waals surface area contributed by atoms with Gasteiger partial charge in [-0.2, -0.15) is 0 Å². The van der Waals surface area contributed by atoms with E-state index in [0.717, 1.165) is 25.1 Å². The van der Waals surface area contributed by atoms with Crippen LogP contribution in [-0.2, 0) is 4.74 Å². The van der Waals surface area contributed by atoms with Crippen molar-refractivity contribution in [1.29, 1.82) is 0 Å². The maximum atomic E-state index is 10.3. The third kappa shape index (κ3) is 3.47. The van der Waals surface area contributed by atoms with Crippen LogP contribution < -0.4 is 5.73 Å². The standard InChI is InChI=1S/C15H24N2O2/c1-11-7-8-17(10-15(11)19-2)9-14(18)12-5-3-4-6-13(12)16/h3-6,11,14-15,18H,7-10,16H2,1-2H3. The van der Waals surface area contributed by atoms with Gasteiger partial charge in [-0.15, -0.1) is 0 Å². The van der Waals surface area contributed by atoms with Crippen LogP contribution in [0.15, 0.2) is 24.3 Å². The highest BCUT2D eigenvalue weighted by Gasteiger charge is 2.27. The van der Waals surface area contributed by atoms with E-state index in [1.807, 2.05) is 24.3 Å². The third-order valence-electron chi connectivity index (χ3n) is 4.06. The van der Waals surface area contributed by atoms with Gasteiger partial charge < -0.3 is 15.6 Å². The first-order valence-electron chi connectivity index (χ1n) is 6.89. The van der Waals surface area contributed by atoms with E-state index in [1.54, 1.807) is 7.11 Å². The summed E-state index contributed by atoms with van der Waals surface area (Å²) in [6.45, 7) is 4.71. The topological polar surface area (TPSA) is 58.7 Å². The zero-order chi connectivity index (χ0) is 13.8. The van der Waals surface area contributed by atoms with E-state index >= 15 is 0 Å². The highest BCUT2D eigenvalue weighted by Crippen LogP contribution is 2.24. The number of para-hydroxylation sites is 1. The summed E-state index contributed by atoms with van der Waals surface area (Å²) < 4.78 is 5.50.